The lowest BCUT2D eigenvalue weighted by molar-refractivity contribution is 0.0916. The summed E-state index contributed by atoms with van der Waals surface area (Å²) in [5.41, 5.74) is 1.27. The van der Waals surface area contributed by atoms with E-state index < -0.39 is 0 Å². The molecule has 2 rings (SSSR count). The quantitative estimate of drug-likeness (QED) is 0.837. The normalized spacial score (nSPS) is 19.0. The summed E-state index contributed by atoms with van der Waals surface area (Å²) in [5.74, 6) is 2.20. The minimum absolute atomic E-state index is 0.713. The second-order valence-electron chi connectivity index (χ2n) is 6.17. The molecule has 1 aromatic heterocycles. The van der Waals surface area contributed by atoms with E-state index >= 15 is 0 Å². The van der Waals surface area contributed by atoms with E-state index in [1.807, 2.05) is 0 Å². The minimum Gasteiger partial charge on any atom is -0.463 e. The van der Waals surface area contributed by atoms with Crippen LogP contribution >= 0.6 is 0 Å². The van der Waals surface area contributed by atoms with Crippen LogP contribution in [0.3, 0.4) is 0 Å². The summed E-state index contributed by atoms with van der Waals surface area (Å²) < 4.78 is 6.00. The molecular formula is C17H31N3O. The van der Waals surface area contributed by atoms with E-state index in [9.17, 15) is 0 Å². The number of furan rings is 1. The molecule has 0 bridgehead atoms. The lowest BCUT2D eigenvalue weighted by Crippen LogP contribution is -2.48. The van der Waals surface area contributed by atoms with Crippen LogP contribution in [0.4, 0.5) is 0 Å². The standard InChI is InChI=1S/C17H31N3O/c1-5-15(4)20-9-7-19(8-10-20)13-16-11-14(3)17(21-16)12-18-6-2/h11,15,18H,5-10,12-13H2,1-4H3. The van der Waals surface area contributed by atoms with E-state index in [2.05, 4.69) is 48.9 Å². The van der Waals surface area contributed by atoms with Crippen molar-refractivity contribution >= 4 is 0 Å². The number of hydrogen-bond donors (Lipinski definition) is 1. The van der Waals surface area contributed by atoms with Crippen molar-refractivity contribution in [3.63, 3.8) is 0 Å². The van der Waals surface area contributed by atoms with Gasteiger partial charge < -0.3 is 9.73 Å². The topological polar surface area (TPSA) is 31.7 Å². The highest BCUT2D eigenvalue weighted by Crippen LogP contribution is 2.18. The molecular weight excluding hydrogens is 262 g/mol. The molecule has 0 aromatic carbocycles. The molecule has 1 N–H and O–H groups in total. The van der Waals surface area contributed by atoms with Crippen molar-refractivity contribution in [2.45, 2.75) is 53.2 Å². The van der Waals surface area contributed by atoms with Crippen LogP contribution in [0.5, 0.6) is 0 Å². The first-order chi connectivity index (χ1) is 10.1. The van der Waals surface area contributed by atoms with Crippen LogP contribution in [-0.4, -0.2) is 48.6 Å². The third kappa shape index (κ3) is 4.56. The van der Waals surface area contributed by atoms with Crippen LogP contribution in [0.15, 0.2) is 10.5 Å². The zero-order valence-electron chi connectivity index (χ0n) is 14.1. The average molecular weight is 293 g/mol. The maximum Gasteiger partial charge on any atom is 0.120 e. The van der Waals surface area contributed by atoms with E-state index in [0.29, 0.717) is 6.04 Å². The van der Waals surface area contributed by atoms with Gasteiger partial charge in [-0.25, -0.2) is 0 Å². The second kappa shape index (κ2) is 7.97. The predicted molar refractivity (Wildman–Crippen MR) is 87.4 cm³/mol. The third-order valence-electron chi connectivity index (χ3n) is 4.61. The van der Waals surface area contributed by atoms with Gasteiger partial charge >= 0.3 is 0 Å². The van der Waals surface area contributed by atoms with Crippen molar-refractivity contribution in [2.24, 2.45) is 0 Å². The van der Waals surface area contributed by atoms with Gasteiger partial charge in [0.2, 0.25) is 0 Å². The van der Waals surface area contributed by atoms with Crippen molar-refractivity contribution in [2.75, 3.05) is 32.7 Å². The number of aryl methyl sites for hydroxylation is 1. The Labute approximate surface area is 129 Å². The van der Waals surface area contributed by atoms with Crippen LogP contribution in [-0.2, 0) is 13.1 Å². The molecule has 21 heavy (non-hydrogen) atoms. The lowest BCUT2D eigenvalue weighted by Gasteiger charge is -2.37. The van der Waals surface area contributed by atoms with Gasteiger partial charge in [-0.15, -0.1) is 0 Å². The SMILES string of the molecule is CCNCc1oc(CN2CCN(C(C)CC)CC2)cc1C. The Kier molecular flexibility index (Phi) is 6.27. The summed E-state index contributed by atoms with van der Waals surface area (Å²) in [6.45, 7) is 16.3. The summed E-state index contributed by atoms with van der Waals surface area (Å²) in [4.78, 5) is 5.11. The summed E-state index contributed by atoms with van der Waals surface area (Å²) in [6.07, 6.45) is 1.24. The first-order valence-corrected chi connectivity index (χ1v) is 8.39. The largest absolute Gasteiger partial charge is 0.463 e. The molecule has 0 amide bonds. The van der Waals surface area contributed by atoms with Gasteiger partial charge in [-0.05, 0) is 38.4 Å². The average Bonchev–Trinajstić information content (AvgIpc) is 2.84. The fourth-order valence-electron chi connectivity index (χ4n) is 2.92. The van der Waals surface area contributed by atoms with Crippen molar-refractivity contribution in [3.05, 3.63) is 23.2 Å². The molecule has 0 aliphatic carbocycles. The Morgan fingerprint density at radius 2 is 1.95 bits per heavy atom. The fraction of sp³-hybridized carbons (Fsp3) is 0.765. The molecule has 1 fully saturated rings. The fourth-order valence-corrected chi connectivity index (χ4v) is 2.92. The number of nitrogens with zero attached hydrogens (tertiary/aromatic N) is 2. The molecule has 1 saturated heterocycles. The summed E-state index contributed by atoms with van der Waals surface area (Å²) in [6, 6.07) is 2.91. The molecule has 1 unspecified atom stereocenters. The molecule has 1 atom stereocenters. The number of hydrogen-bond acceptors (Lipinski definition) is 4. The molecule has 0 radical (unpaired) electrons. The van der Waals surface area contributed by atoms with Gasteiger partial charge in [-0.1, -0.05) is 13.8 Å². The molecule has 120 valence electrons. The number of nitrogens with one attached hydrogen (secondary N) is 1. The first-order valence-electron chi connectivity index (χ1n) is 8.39. The van der Waals surface area contributed by atoms with Gasteiger partial charge in [0.1, 0.15) is 11.5 Å². The van der Waals surface area contributed by atoms with E-state index in [1.54, 1.807) is 0 Å². The highest BCUT2D eigenvalue weighted by atomic mass is 16.3. The predicted octanol–water partition coefficient (Wildman–Crippen LogP) is 2.61. The van der Waals surface area contributed by atoms with E-state index in [1.165, 1.54) is 25.1 Å². The maximum absolute atomic E-state index is 6.00. The van der Waals surface area contributed by atoms with Gasteiger partial charge in [-0.3, -0.25) is 9.80 Å². The molecule has 1 aliphatic heterocycles. The summed E-state index contributed by atoms with van der Waals surface area (Å²) in [7, 11) is 0. The first kappa shape index (κ1) is 16.5. The second-order valence-corrected chi connectivity index (χ2v) is 6.17. The Bertz CT molecular complexity index is 422. The summed E-state index contributed by atoms with van der Waals surface area (Å²) >= 11 is 0. The van der Waals surface area contributed by atoms with E-state index in [-0.39, 0.29) is 0 Å². The Morgan fingerprint density at radius 1 is 1.24 bits per heavy atom. The van der Waals surface area contributed by atoms with E-state index in [0.717, 1.165) is 44.2 Å². The van der Waals surface area contributed by atoms with Gasteiger partial charge in [0, 0.05) is 32.2 Å². The van der Waals surface area contributed by atoms with E-state index in [4.69, 9.17) is 4.42 Å². The molecule has 4 nitrogen and oxygen atoms in total. The zero-order chi connectivity index (χ0) is 15.2. The monoisotopic (exact) mass is 293 g/mol. The van der Waals surface area contributed by atoms with Crippen molar-refractivity contribution < 1.29 is 4.42 Å². The minimum atomic E-state index is 0.713. The Hall–Kier alpha value is -0.840. The smallest absolute Gasteiger partial charge is 0.120 e. The van der Waals surface area contributed by atoms with Crippen LogP contribution in [0, 0.1) is 6.92 Å². The Balaban J connectivity index is 1.83. The zero-order valence-corrected chi connectivity index (χ0v) is 14.1. The van der Waals surface area contributed by atoms with Gasteiger partial charge in [0.15, 0.2) is 0 Å². The van der Waals surface area contributed by atoms with Crippen LogP contribution < -0.4 is 5.32 Å². The summed E-state index contributed by atoms with van der Waals surface area (Å²) in [5, 5.41) is 3.33. The van der Waals surface area contributed by atoms with Crippen LogP contribution in [0.1, 0.15) is 44.3 Å². The third-order valence-corrected chi connectivity index (χ3v) is 4.61. The van der Waals surface area contributed by atoms with Crippen molar-refractivity contribution in [1.82, 2.24) is 15.1 Å². The van der Waals surface area contributed by atoms with Gasteiger partial charge in [-0.2, -0.15) is 0 Å². The van der Waals surface area contributed by atoms with Crippen molar-refractivity contribution in [1.29, 1.82) is 0 Å². The van der Waals surface area contributed by atoms with Crippen LogP contribution in [0.25, 0.3) is 0 Å². The highest BCUT2D eigenvalue weighted by molar-refractivity contribution is 5.20. The van der Waals surface area contributed by atoms with Crippen molar-refractivity contribution in [3.8, 4) is 0 Å². The molecule has 1 aliphatic rings. The number of piperazine rings is 1. The molecule has 0 spiro atoms. The number of rotatable bonds is 7. The van der Waals surface area contributed by atoms with Crippen LogP contribution in [0.2, 0.25) is 0 Å². The molecule has 0 saturated carbocycles. The molecule has 2 heterocycles. The Morgan fingerprint density at radius 3 is 2.57 bits per heavy atom. The molecule has 4 heteroatoms. The lowest BCUT2D eigenvalue weighted by atomic mass is 10.2. The maximum atomic E-state index is 6.00. The van der Waals surface area contributed by atoms with Gasteiger partial charge in [0.25, 0.3) is 0 Å². The van der Waals surface area contributed by atoms with Gasteiger partial charge in [0.05, 0.1) is 13.1 Å². The highest BCUT2D eigenvalue weighted by Gasteiger charge is 2.21. The molecule has 1 aromatic rings.